The number of anilines is 1. The van der Waals surface area contributed by atoms with Gasteiger partial charge in [-0.05, 0) is 29.7 Å². The predicted molar refractivity (Wildman–Crippen MR) is 83.8 cm³/mol. The zero-order valence-corrected chi connectivity index (χ0v) is 12.4. The lowest BCUT2D eigenvalue weighted by atomic mass is 9.98. The van der Waals surface area contributed by atoms with Crippen LogP contribution in [0.2, 0.25) is 10.0 Å². The van der Waals surface area contributed by atoms with E-state index in [1.54, 1.807) is 6.07 Å². The molecule has 0 spiro atoms. The van der Waals surface area contributed by atoms with Gasteiger partial charge in [0.2, 0.25) is 0 Å². The van der Waals surface area contributed by atoms with E-state index < -0.39 is 6.10 Å². The zero-order chi connectivity index (χ0) is 14.1. The predicted octanol–water partition coefficient (Wildman–Crippen LogP) is 4.24. The fourth-order valence-electron chi connectivity index (χ4n) is 2.64. The number of rotatable bonds is 3. The van der Waals surface area contributed by atoms with Gasteiger partial charge in [0.05, 0.1) is 16.1 Å². The maximum atomic E-state index is 10.5. The summed E-state index contributed by atoms with van der Waals surface area (Å²) in [6.07, 6.45) is 0.991. The van der Waals surface area contributed by atoms with Gasteiger partial charge in [0.15, 0.2) is 0 Å². The number of hydrogen-bond donors (Lipinski definition) is 2. The van der Waals surface area contributed by atoms with Gasteiger partial charge in [-0.2, -0.15) is 0 Å². The Labute approximate surface area is 128 Å². The third-order valence-electron chi connectivity index (χ3n) is 3.65. The lowest BCUT2D eigenvalue weighted by molar-refractivity contribution is 0.179. The summed E-state index contributed by atoms with van der Waals surface area (Å²) in [5.41, 5.74) is 4.28. The lowest BCUT2D eigenvalue weighted by Gasteiger charge is -2.15. The van der Waals surface area contributed by atoms with Gasteiger partial charge < -0.3 is 10.4 Å². The van der Waals surface area contributed by atoms with E-state index in [2.05, 4.69) is 11.4 Å². The summed E-state index contributed by atoms with van der Waals surface area (Å²) in [6, 6.07) is 11.5. The first-order valence-corrected chi connectivity index (χ1v) is 7.38. The van der Waals surface area contributed by atoms with Gasteiger partial charge in [0.1, 0.15) is 0 Å². The molecule has 0 aliphatic carbocycles. The minimum Gasteiger partial charge on any atom is -0.388 e. The van der Waals surface area contributed by atoms with E-state index in [0.29, 0.717) is 16.5 Å². The molecule has 0 bridgehead atoms. The Morgan fingerprint density at radius 2 is 2.00 bits per heavy atom. The van der Waals surface area contributed by atoms with E-state index in [-0.39, 0.29) is 0 Å². The van der Waals surface area contributed by atoms with Crippen LogP contribution in [0.4, 0.5) is 5.69 Å². The van der Waals surface area contributed by atoms with Crippen LogP contribution in [-0.4, -0.2) is 11.7 Å². The summed E-state index contributed by atoms with van der Waals surface area (Å²) in [4.78, 5) is 0. The standard InChI is InChI=1S/C16H15Cl2NO/c17-13-5-4-10(8-14(13)18)9-15(20)12-3-1-2-11-6-7-19-16(11)12/h1-5,8,15,19-20H,6-7,9H2. The SMILES string of the molecule is OC(Cc1ccc(Cl)c(Cl)c1)c1cccc2c1NCC2. The quantitative estimate of drug-likeness (QED) is 0.889. The van der Waals surface area contributed by atoms with E-state index in [1.165, 1.54) is 5.56 Å². The van der Waals surface area contributed by atoms with E-state index in [0.717, 1.165) is 29.8 Å². The molecular formula is C16H15Cl2NO. The van der Waals surface area contributed by atoms with Crippen molar-refractivity contribution < 1.29 is 5.11 Å². The monoisotopic (exact) mass is 307 g/mol. The highest BCUT2D eigenvalue weighted by molar-refractivity contribution is 6.42. The first-order chi connectivity index (χ1) is 9.65. The Balaban J connectivity index is 1.84. The molecule has 1 unspecified atom stereocenters. The second-order valence-electron chi connectivity index (χ2n) is 5.03. The number of halogens is 2. The minimum atomic E-state index is -0.548. The number of benzene rings is 2. The van der Waals surface area contributed by atoms with Crippen molar-refractivity contribution in [3.63, 3.8) is 0 Å². The van der Waals surface area contributed by atoms with E-state index in [1.807, 2.05) is 24.3 Å². The molecule has 4 heteroatoms. The van der Waals surface area contributed by atoms with Crippen LogP contribution < -0.4 is 5.32 Å². The topological polar surface area (TPSA) is 32.3 Å². The van der Waals surface area contributed by atoms with Gasteiger partial charge in [-0.15, -0.1) is 0 Å². The summed E-state index contributed by atoms with van der Waals surface area (Å²) in [5.74, 6) is 0. The molecule has 1 heterocycles. The van der Waals surface area contributed by atoms with E-state index >= 15 is 0 Å². The summed E-state index contributed by atoms with van der Waals surface area (Å²) in [6.45, 7) is 0.936. The fourth-order valence-corrected chi connectivity index (χ4v) is 2.96. The first kappa shape index (κ1) is 13.7. The molecule has 1 atom stereocenters. The van der Waals surface area contributed by atoms with Crippen molar-refractivity contribution >= 4 is 28.9 Å². The Bertz CT molecular complexity index is 642. The summed E-state index contributed by atoms with van der Waals surface area (Å²) < 4.78 is 0. The molecule has 0 aromatic heterocycles. The van der Waals surface area contributed by atoms with Crippen LogP contribution in [0, 0.1) is 0 Å². The number of hydrogen-bond acceptors (Lipinski definition) is 2. The Morgan fingerprint density at radius 1 is 1.15 bits per heavy atom. The highest BCUT2D eigenvalue weighted by Gasteiger charge is 2.19. The number of para-hydroxylation sites is 1. The van der Waals surface area contributed by atoms with Crippen molar-refractivity contribution in [2.24, 2.45) is 0 Å². The molecule has 104 valence electrons. The van der Waals surface area contributed by atoms with Gasteiger partial charge in [-0.25, -0.2) is 0 Å². The normalized spacial score (nSPS) is 14.8. The van der Waals surface area contributed by atoms with Gasteiger partial charge in [0, 0.05) is 24.2 Å². The van der Waals surface area contributed by atoms with Crippen LogP contribution in [0.15, 0.2) is 36.4 Å². The van der Waals surface area contributed by atoms with Gasteiger partial charge in [-0.1, -0.05) is 47.5 Å². The van der Waals surface area contributed by atoms with Crippen molar-refractivity contribution in [3.05, 3.63) is 63.1 Å². The highest BCUT2D eigenvalue weighted by atomic mass is 35.5. The van der Waals surface area contributed by atoms with Gasteiger partial charge in [-0.3, -0.25) is 0 Å². The molecule has 0 radical (unpaired) electrons. The third-order valence-corrected chi connectivity index (χ3v) is 4.39. The van der Waals surface area contributed by atoms with Crippen LogP contribution in [0.5, 0.6) is 0 Å². The van der Waals surface area contributed by atoms with Crippen LogP contribution >= 0.6 is 23.2 Å². The van der Waals surface area contributed by atoms with Gasteiger partial charge in [0.25, 0.3) is 0 Å². The molecule has 2 aromatic rings. The van der Waals surface area contributed by atoms with Crippen LogP contribution in [0.25, 0.3) is 0 Å². The number of aliphatic hydroxyl groups excluding tert-OH is 1. The highest BCUT2D eigenvalue weighted by Crippen LogP contribution is 2.33. The average molecular weight is 308 g/mol. The van der Waals surface area contributed by atoms with Crippen molar-refractivity contribution in [2.45, 2.75) is 18.9 Å². The minimum absolute atomic E-state index is 0.521. The molecular weight excluding hydrogens is 293 g/mol. The number of nitrogens with one attached hydrogen (secondary N) is 1. The third kappa shape index (κ3) is 2.64. The molecule has 0 saturated carbocycles. The van der Waals surface area contributed by atoms with E-state index in [4.69, 9.17) is 23.2 Å². The van der Waals surface area contributed by atoms with Crippen molar-refractivity contribution in [1.29, 1.82) is 0 Å². The Morgan fingerprint density at radius 3 is 2.80 bits per heavy atom. The maximum Gasteiger partial charge on any atom is 0.0850 e. The second-order valence-corrected chi connectivity index (χ2v) is 5.84. The van der Waals surface area contributed by atoms with E-state index in [9.17, 15) is 5.11 Å². The fraction of sp³-hybridized carbons (Fsp3) is 0.250. The summed E-state index contributed by atoms with van der Waals surface area (Å²) >= 11 is 11.9. The molecule has 2 aromatic carbocycles. The molecule has 20 heavy (non-hydrogen) atoms. The molecule has 0 fully saturated rings. The molecule has 3 rings (SSSR count). The zero-order valence-electron chi connectivity index (χ0n) is 10.9. The molecule has 2 N–H and O–H groups in total. The number of aliphatic hydroxyl groups is 1. The summed E-state index contributed by atoms with van der Waals surface area (Å²) in [7, 11) is 0. The molecule has 1 aliphatic heterocycles. The van der Waals surface area contributed by atoms with Gasteiger partial charge >= 0.3 is 0 Å². The summed E-state index contributed by atoms with van der Waals surface area (Å²) in [5, 5.41) is 14.9. The first-order valence-electron chi connectivity index (χ1n) is 6.63. The molecule has 2 nitrogen and oxygen atoms in total. The molecule has 0 saturated heterocycles. The van der Waals surface area contributed by atoms with Crippen molar-refractivity contribution in [1.82, 2.24) is 0 Å². The van der Waals surface area contributed by atoms with Crippen molar-refractivity contribution in [3.8, 4) is 0 Å². The van der Waals surface area contributed by atoms with Crippen molar-refractivity contribution in [2.75, 3.05) is 11.9 Å². The lowest BCUT2D eigenvalue weighted by Crippen LogP contribution is -2.05. The average Bonchev–Trinajstić information content (AvgIpc) is 2.91. The smallest absolute Gasteiger partial charge is 0.0850 e. The Hall–Kier alpha value is -1.22. The molecule has 1 aliphatic rings. The molecule has 0 amide bonds. The number of fused-ring (bicyclic) bond motifs is 1. The van der Waals surface area contributed by atoms with Crippen LogP contribution in [0.1, 0.15) is 22.8 Å². The largest absolute Gasteiger partial charge is 0.388 e. The van der Waals surface area contributed by atoms with Crippen LogP contribution in [-0.2, 0) is 12.8 Å². The maximum absolute atomic E-state index is 10.5. The Kier molecular flexibility index (Phi) is 3.88. The second kappa shape index (κ2) is 5.65. The van der Waals surface area contributed by atoms with Crippen LogP contribution in [0.3, 0.4) is 0 Å².